The highest BCUT2D eigenvalue weighted by molar-refractivity contribution is 7.85. The van der Waals surface area contributed by atoms with E-state index in [0.29, 0.717) is 55.5 Å². The van der Waals surface area contributed by atoms with Gasteiger partial charge in [0.25, 0.3) is 15.8 Å². The zero-order valence-electron chi connectivity index (χ0n) is 75.3. The molecule has 0 bridgehead atoms. The summed E-state index contributed by atoms with van der Waals surface area (Å²) in [5, 5.41) is 44.7. The van der Waals surface area contributed by atoms with E-state index in [1.165, 1.54) is 85.9 Å². The number of nitro groups is 1. The molecular weight excluding hydrogens is 1810 g/mol. The van der Waals surface area contributed by atoms with Crippen molar-refractivity contribution in [2.24, 2.45) is 0 Å². The SMILES string of the molecule is CCc1csc([C@H](Cc2ccc(CS(=O)(=O)O)cc2)NC(=O)[C@H](Cc2ccccc2)NC(=O)OC)n1.CCc1csc([C@H](Cc2ccc(N)cc2)NC(=O)[C@H](Cc2ccccc2)NC(=O)OC)n1.CCc1csc([C@H](Cc2ccc(N)cc2)NC(=O)[C@H](Cc2ccccc2)NC(=O)OC)n1.CCc1csc([C@H](Cc2ccc([N+](=O)[O-])cc2)NC(=O)[C@H](Cc2ccccc2)NC(=O)OC)n1. The maximum absolute atomic E-state index is 13.4. The summed E-state index contributed by atoms with van der Waals surface area (Å²) in [6, 6.07) is 60.9. The number of non-ortho nitro benzene ring substituents is 1. The molecule has 4 aromatic heterocycles. The molecule has 8 amide bonds. The summed E-state index contributed by atoms with van der Waals surface area (Å²) in [7, 11) is 0.904. The highest BCUT2D eigenvalue weighted by Crippen LogP contribution is 2.30. The molecule has 706 valence electrons. The number of aryl methyl sites for hydroxylation is 4. The topological polar surface area (TPSA) is 471 Å². The van der Waals surface area contributed by atoms with E-state index in [9.17, 15) is 56.9 Å². The van der Waals surface area contributed by atoms with Crippen LogP contribution in [0.1, 0.15) is 145 Å². The van der Waals surface area contributed by atoms with Crippen molar-refractivity contribution in [2.45, 2.75) is 159 Å². The summed E-state index contributed by atoms with van der Waals surface area (Å²) < 4.78 is 50.3. The fourth-order valence-corrected chi connectivity index (χ4v) is 17.9. The number of nitro benzene ring substituents is 1. The Morgan fingerprint density at radius 3 is 0.746 bits per heavy atom. The first-order valence-corrected chi connectivity index (χ1v) is 48.1. The number of nitrogen functional groups attached to an aromatic ring is 2. The lowest BCUT2D eigenvalue weighted by Gasteiger charge is -2.22. The Balaban J connectivity index is 0.000000201. The smallest absolute Gasteiger partial charge is 0.407 e. The van der Waals surface area contributed by atoms with Gasteiger partial charge in [0.15, 0.2) is 0 Å². The minimum atomic E-state index is -4.13. The Hall–Kier alpha value is -13.9. The summed E-state index contributed by atoms with van der Waals surface area (Å²) in [4.78, 5) is 130. The molecule has 0 aliphatic rings. The van der Waals surface area contributed by atoms with Crippen LogP contribution in [0.2, 0.25) is 0 Å². The van der Waals surface area contributed by atoms with E-state index in [1.807, 2.05) is 219 Å². The Labute approximate surface area is 794 Å². The van der Waals surface area contributed by atoms with Crippen molar-refractivity contribution in [2.75, 3.05) is 39.9 Å². The van der Waals surface area contributed by atoms with Crippen molar-refractivity contribution in [1.82, 2.24) is 62.5 Å². The molecule has 0 saturated carbocycles. The first kappa shape index (κ1) is 104. The van der Waals surface area contributed by atoms with Gasteiger partial charge in [0.1, 0.15) is 50.0 Å². The second-order valence-electron chi connectivity index (χ2n) is 30.6. The van der Waals surface area contributed by atoms with Gasteiger partial charge >= 0.3 is 24.4 Å². The minimum absolute atomic E-state index is 0.00273. The van der Waals surface area contributed by atoms with Gasteiger partial charge in [0.05, 0.1) is 80.3 Å². The molecule has 0 fully saturated rings. The second kappa shape index (κ2) is 53.6. The van der Waals surface area contributed by atoms with Crippen molar-refractivity contribution in [3.8, 4) is 0 Å². The van der Waals surface area contributed by atoms with Crippen molar-refractivity contribution in [3.63, 3.8) is 0 Å². The molecule has 0 radical (unpaired) electrons. The number of ether oxygens (including phenoxy) is 4. The number of carbonyl (C=O) groups is 8. The van der Waals surface area contributed by atoms with E-state index < -0.39 is 81.4 Å². The Kier molecular flexibility index (Phi) is 41.5. The monoisotopic (exact) mass is 1920 g/mol. The summed E-state index contributed by atoms with van der Waals surface area (Å²) in [6.07, 6.45) is 3.56. The van der Waals surface area contributed by atoms with Crippen LogP contribution in [0, 0.1) is 10.1 Å². The Morgan fingerprint density at radius 2 is 0.545 bits per heavy atom. The molecular formula is C97H111N15O17S5. The average Bonchev–Trinajstić information content (AvgIpc) is 1.60. The molecule has 0 aliphatic carbocycles. The maximum Gasteiger partial charge on any atom is 0.407 e. The molecule has 0 unspecified atom stereocenters. The third-order valence-electron chi connectivity index (χ3n) is 20.7. The summed E-state index contributed by atoms with van der Waals surface area (Å²) in [6.45, 7) is 8.08. The molecule has 13 N–H and O–H groups in total. The molecule has 37 heteroatoms. The number of nitrogens with zero attached hydrogens (tertiary/aromatic N) is 5. The number of methoxy groups -OCH3 is 4. The molecule has 12 rings (SSSR count). The predicted molar refractivity (Wildman–Crippen MR) is 519 cm³/mol. The summed E-state index contributed by atoms with van der Waals surface area (Å²) >= 11 is 5.91. The number of hydrogen-bond acceptors (Lipinski definition) is 26. The lowest BCUT2D eigenvalue weighted by atomic mass is 10.0. The van der Waals surface area contributed by atoms with E-state index in [4.69, 9.17) is 35.0 Å². The van der Waals surface area contributed by atoms with Gasteiger partial charge in [0, 0.05) is 70.7 Å². The van der Waals surface area contributed by atoms with Crippen LogP contribution >= 0.6 is 45.3 Å². The molecule has 4 heterocycles. The van der Waals surface area contributed by atoms with Crippen molar-refractivity contribution < 1.29 is 75.2 Å². The van der Waals surface area contributed by atoms with Crippen LogP contribution in [0.4, 0.5) is 36.2 Å². The van der Waals surface area contributed by atoms with E-state index in [0.717, 1.165) is 113 Å². The largest absolute Gasteiger partial charge is 0.453 e. The van der Waals surface area contributed by atoms with Gasteiger partial charge in [-0.25, -0.2) is 39.1 Å². The molecule has 0 spiro atoms. The average molecular weight is 1920 g/mol. The van der Waals surface area contributed by atoms with Crippen LogP contribution in [0.5, 0.6) is 0 Å². The number of thiazole rings is 4. The number of aromatic nitrogens is 4. The number of anilines is 2. The normalized spacial score (nSPS) is 12.6. The van der Waals surface area contributed by atoms with Gasteiger partial charge in [-0.2, -0.15) is 8.42 Å². The van der Waals surface area contributed by atoms with Crippen LogP contribution in [0.15, 0.2) is 240 Å². The number of nitrogens with two attached hydrogens (primary N) is 2. The van der Waals surface area contributed by atoms with Crippen LogP contribution in [-0.4, -0.2) is 138 Å². The number of amides is 8. The van der Waals surface area contributed by atoms with E-state index in [2.05, 4.69) is 62.5 Å². The van der Waals surface area contributed by atoms with Crippen molar-refractivity contribution in [3.05, 3.63) is 343 Å². The molecule has 12 aromatic rings. The first-order chi connectivity index (χ1) is 64.5. The van der Waals surface area contributed by atoms with Crippen LogP contribution in [-0.2, 0) is 131 Å². The first-order valence-electron chi connectivity index (χ1n) is 43.0. The number of rotatable bonds is 39. The summed E-state index contributed by atoms with van der Waals surface area (Å²) in [5.74, 6) is -1.83. The van der Waals surface area contributed by atoms with Crippen molar-refractivity contribution in [1.29, 1.82) is 0 Å². The zero-order valence-corrected chi connectivity index (χ0v) is 79.4. The number of benzene rings is 8. The molecule has 0 saturated heterocycles. The standard InChI is InChI=1S/C25H29N3O6S2.C24H26N4O5S.2C24H28N4O3S/c1-3-20-15-35-24(26-20)22(14-18-9-11-19(12-10-18)16-36(31,32)33)27-23(29)21(28-25(30)34-2)13-17-7-5-4-6-8-17;1-3-18-15-34-23(25-18)21(14-17-9-11-19(12-10-17)28(31)32)26-22(29)20(27-24(30)33-2)13-16-7-5-4-6-8-16;2*1-3-19-15-32-23(26-19)21(14-17-9-11-18(25)12-10-17)27-22(29)20(28-24(30)31-2)13-16-7-5-4-6-8-16/h4-12,15,21-22H,3,13-14,16H2,1-2H3,(H,27,29)(H,28,30)(H,31,32,33);4-12,15,20-21H,3,13-14H2,1-2H3,(H,26,29)(H,27,30);2*4-12,15,20-21H,3,13-14,25H2,1-2H3,(H,27,29)(H,28,30)/t21-,22-;3*20-,21-/m0000/s1. The van der Waals surface area contributed by atoms with Gasteiger partial charge in [0.2, 0.25) is 23.6 Å². The van der Waals surface area contributed by atoms with Gasteiger partial charge in [-0.1, -0.05) is 210 Å². The predicted octanol–water partition coefficient (Wildman–Crippen LogP) is 14.8. The third kappa shape index (κ3) is 35.0. The zero-order chi connectivity index (χ0) is 96.5. The third-order valence-corrected chi connectivity index (χ3v) is 25.5. The highest BCUT2D eigenvalue weighted by Gasteiger charge is 2.32. The quantitative estimate of drug-likeness (QED) is 0.00560. The number of hydrogen-bond donors (Lipinski definition) is 11. The van der Waals surface area contributed by atoms with Gasteiger partial charge < -0.3 is 72.9 Å². The highest BCUT2D eigenvalue weighted by atomic mass is 32.2. The van der Waals surface area contributed by atoms with E-state index in [1.54, 1.807) is 36.4 Å². The molecule has 134 heavy (non-hydrogen) atoms. The van der Waals surface area contributed by atoms with E-state index in [-0.39, 0.29) is 54.2 Å². The molecule has 8 aromatic carbocycles. The van der Waals surface area contributed by atoms with Gasteiger partial charge in [-0.05, 0) is 126 Å². The maximum atomic E-state index is 13.4. The Morgan fingerprint density at radius 1 is 0.336 bits per heavy atom. The fourth-order valence-electron chi connectivity index (χ4n) is 13.5. The number of nitrogens with one attached hydrogen (secondary N) is 8. The molecule has 8 atom stereocenters. The van der Waals surface area contributed by atoms with Crippen LogP contribution in [0.25, 0.3) is 0 Å². The summed E-state index contributed by atoms with van der Waals surface area (Å²) in [5.41, 5.74) is 24.6. The van der Waals surface area contributed by atoms with Crippen LogP contribution < -0.4 is 54.0 Å². The Bertz CT molecular complexity index is 5680. The number of alkyl carbamates (subject to hydrolysis) is 4. The van der Waals surface area contributed by atoms with E-state index >= 15 is 0 Å². The molecule has 32 nitrogen and oxygen atoms in total. The van der Waals surface area contributed by atoms with Crippen LogP contribution in [0.3, 0.4) is 0 Å². The second-order valence-corrected chi connectivity index (χ2v) is 35.7. The van der Waals surface area contributed by atoms with Crippen molar-refractivity contribution >= 4 is 121 Å². The lowest BCUT2D eigenvalue weighted by molar-refractivity contribution is -0.384. The number of carbonyl (C=O) groups excluding carboxylic acids is 8. The molecule has 0 aliphatic heterocycles. The lowest BCUT2D eigenvalue weighted by Crippen LogP contribution is -2.49. The van der Waals surface area contributed by atoms with Gasteiger partial charge in [-0.3, -0.25) is 33.8 Å². The minimum Gasteiger partial charge on any atom is -0.453 e. The fraction of sp³-hybridized carbons (Fsp3) is 0.299. The van der Waals surface area contributed by atoms with Gasteiger partial charge in [-0.15, -0.1) is 45.3 Å².